The fourth-order valence-electron chi connectivity index (χ4n) is 3.51. The van der Waals surface area contributed by atoms with Crippen molar-refractivity contribution >= 4 is 17.7 Å². The van der Waals surface area contributed by atoms with Crippen molar-refractivity contribution < 1.29 is 9.90 Å². The third kappa shape index (κ3) is 10.3. The van der Waals surface area contributed by atoms with Crippen molar-refractivity contribution in [3.05, 3.63) is 65.7 Å². The highest BCUT2D eigenvalue weighted by Gasteiger charge is 2.00. The minimum Gasteiger partial charge on any atom is -0.508 e. The SMILES string of the molecule is CCCCCCCCCCCCc1ccc(NC(=O)/C=C/c2ccc(O)cc2)cc1. The Balaban J connectivity index is 1.59. The summed E-state index contributed by atoms with van der Waals surface area (Å²) < 4.78 is 0. The molecular formula is C27H37NO2. The number of rotatable bonds is 14. The summed E-state index contributed by atoms with van der Waals surface area (Å²) in [5, 5.41) is 12.2. The fourth-order valence-corrected chi connectivity index (χ4v) is 3.51. The van der Waals surface area contributed by atoms with Crippen LogP contribution in [-0.2, 0) is 11.2 Å². The van der Waals surface area contributed by atoms with E-state index >= 15 is 0 Å². The normalized spacial score (nSPS) is 11.1. The number of carbonyl (C=O) groups excluding carboxylic acids is 1. The summed E-state index contributed by atoms with van der Waals surface area (Å²) in [5.74, 6) is 0.0556. The van der Waals surface area contributed by atoms with E-state index in [1.54, 1.807) is 30.3 Å². The molecule has 3 heteroatoms. The average molecular weight is 408 g/mol. The fraction of sp³-hybridized carbons (Fsp3) is 0.444. The zero-order chi connectivity index (χ0) is 21.4. The second kappa shape index (κ2) is 14.4. The number of phenols is 1. The summed E-state index contributed by atoms with van der Waals surface area (Å²) in [7, 11) is 0. The Morgan fingerprint density at radius 3 is 1.97 bits per heavy atom. The summed E-state index contributed by atoms with van der Waals surface area (Å²) >= 11 is 0. The van der Waals surface area contributed by atoms with Gasteiger partial charge in [0.25, 0.3) is 0 Å². The van der Waals surface area contributed by atoms with E-state index in [2.05, 4.69) is 24.4 Å². The Labute approximate surface area is 182 Å². The maximum atomic E-state index is 12.1. The summed E-state index contributed by atoms with van der Waals surface area (Å²) in [4.78, 5) is 12.1. The number of aromatic hydroxyl groups is 1. The van der Waals surface area contributed by atoms with Gasteiger partial charge in [0.1, 0.15) is 5.75 Å². The van der Waals surface area contributed by atoms with Gasteiger partial charge in [0.05, 0.1) is 0 Å². The van der Waals surface area contributed by atoms with Gasteiger partial charge in [0.15, 0.2) is 0 Å². The van der Waals surface area contributed by atoms with E-state index in [0.29, 0.717) is 0 Å². The lowest BCUT2D eigenvalue weighted by Gasteiger charge is -2.06. The zero-order valence-corrected chi connectivity index (χ0v) is 18.4. The third-order valence-corrected chi connectivity index (χ3v) is 5.36. The highest BCUT2D eigenvalue weighted by Crippen LogP contribution is 2.15. The van der Waals surface area contributed by atoms with E-state index in [1.807, 2.05) is 12.1 Å². The minimum atomic E-state index is -0.162. The first-order chi connectivity index (χ1) is 14.7. The Bertz CT molecular complexity index is 747. The molecular weight excluding hydrogens is 370 g/mol. The van der Waals surface area contributed by atoms with Gasteiger partial charge >= 0.3 is 0 Å². The predicted molar refractivity (Wildman–Crippen MR) is 128 cm³/mol. The molecule has 0 radical (unpaired) electrons. The number of carbonyl (C=O) groups is 1. The lowest BCUT2D eigenvalue weighted by Crippen LogP contribution is -2.07. The van der Waals surface area contributed by atoms with Gasteiger partial charge in [-0.2, -0.15) is 0 Å². The number of hydrogen-bond donors (Lipinski definition) is 2. The molecule has 2 aromatic carbocycles. The van der Waals surface area contributed by atoms with E-state index < -0.39 is 0 Å². The van der Waals surface area contributed by atoms with E-state index in [4.69, 9.17) is 0 Å². The predicted octanol–water partition coefficient (Wildman–Crippen LogP) is 7.51. The van der Waals surface area contributed by atoms with Gasteiger partial charge in [-0.05, 0) is 54.3 Å². The van der Waals surface area contributed by atoms with Crippen LogP contribution in [0.1, 0.15) is 82.3 Å². The van der Waals surface area contributed by atoms with Crippen molar-refractivity contribution in [3.63, 3.8) is 0 Å². The topological polar surface area (TPSA) is 49.3 Å². The molecule has 0 fully saturated rings. The molecule has 0 saturated heterocycles. The quantitative estimate of drug-likeness (QED) is 0.251. The Morgan fingerprint density at radius 2 is 1.37 bits per heavy atom. The van der Waals surface area contributed by atoms with E-state index in [0.717, 1.165) is 17.7 Å². The number of hydrogen-bond acceptors (Lipinski definition) is 2. The molecule has 0 atom stereocenters. The first kappa shape index (κ1) is 23.7. The monoisotopic (exact) mass is 407 g/mol. The zero-order valence-electron chi connectivity index (χ0n) is 18.4. The van der Waals surface area contributed by atoms with Crippen LogP contribution in [0.25, 0.3) is 6.08 Å². The maximum absolute atomic E-state index is 12.1. The van der Waals surface area contributed by atoms with Crippen LogP contribution in [0.3, 0.4) is 0 Å². The molecule has 0 heterocycles. The van der Waals surface area contributed by atoms with Crippen molar-refractivity contribution in [1.82, 2.24) is 0 Å². The molecule has 0 aliphatic heterocycles. The van der Waals surface area contributed by atoms with E-state index in [1.165, 1.54) is 75.8 Å². The highest BCUT2D eigenvalue weighted by atomic mass is 16.3. The smallest absolute Gasteiger partial charge is 0.248 e. The molecule has 0 saturated carbocycles. The number of aryl methyl sites for hydroxylation is 1. The van der Waals surface area contributed by atoms with Gasteiger partial charge in [-0.1, -0.05) is 89.0 Å². The molecule has 3 nitrogen and oxygen atoms in total. The van der Waals surface area contributed by atoms with E-state index in [-0.39, 0.29) is 11.7 Å². The molecule has 30 heavy (non-hydrogen) atoms. The van der Waals surface area contributed by atoms with Crippen LogP contribution in [-0.4, -0.2) is 11.0 Å². The molecule has 0 aromatic heterocycles. The number of phenolic OH excluding ortho intramolecular Hbond substituents is 1. The van der Waals surface area contributed by atoms with Gasteiger partial charge in [0, 0.05) is 11.8 Å². The standard InChI is InChI=1S/C27H37NO2/c1-2-3-4-5-6-7-8-9-10-11-12-23-13-18-25(19-14-23)28-27(30)22-17-24-15-20-26(29)21-16-24/h13-22,29H,2-12H2,1H3,(H,28,30)/b22-17+. The summed E-state index contributed by atoms with van der Waals surface area (Å²) in [6.07, 6.45) is 17.9. The van der Waals surface area contributed by atoms with Crippen molar-refractivity contribution in [2.75, 3.05) is 5.32 Å². The average Bonchev–Trinajstić information content (AvgIpc) is 2.76. The lowest BCUT2D eigenvalue weighted by atomic mass is 10.0. The molecule has 2 rings (SSSR count). The molecule has 0 unspecified atom stereocenters. The summed E-state index contributed by atoms with van der Waals surface area (Å²) in [5.41, 5.74) is 3.00. The first-order valence-corrected chi connectivity index (χ1v) is 11.5. The van der Waals surface area contributed by atoms with Gasteiger partial charge < -0.3 is 10.4 Å². The maximum Gasteiger partial charge on any atom is 0.248 e. The number of unbranched alkanes of at least 4 members (excludes halogenated alkanes) is 9. The Morgan fingerprint density at radius 1 is 0.800 bits per heavy atom. The molecule has 162 valence electrons. The van der Waals surface area contributed by atoms with Crippen molar-refractivity contribution in [2.24, 2.45) is 0 Å². The first-order valence-electron chi connectivity index (χ1n) is 11.5. The Kier molecular flexibility index (Phi) is 11.4. The highest BCUT2D eigenvalue weighted by molar-refractivity contribution is 6.01. The van der Waals surface area contributed by atoms with Gasteiger partial charge in [-0.15, -0.1) is 0 Å². The van der Waals surface area contributed by atoms with Crippen LogP contribution in [0.5, 0.6) is 5.75 Å². The number of anilines is 1. The summed E-state index contributed by atoms with van der Waals surface area (Å²) in [6.45, 7) is 2.27. The van der Waals surface area contributed by atoms with Crippen LogP contribution in [0.4, 0.5) is 5.69 Å². The molecule has 0 aliphatic carbocycles. The Hall–Kier alpha value is -2.55. The van der Waals surface area contributed by atoms with Crippen molar-refractivity contribution in [1.29, 1.82) is 0 Å². The second-order valence-electron chi connectivity index (χ2n) is 8.04. The van der Waals surface area contributed by atoms with Crippen LogP contribution in [0.2, 0.25) is 0 Å². The van der Waals surface area contributed by atoms with Crippen molar-refractivity contribution in [3.8, 4) is 5.75 Å². The largest absolute Gasteiger partial charge is 0.508 e. The van der Waals surface area contributed by atoms with Crippen LogP contribution in [0, 0.1) is 0 Å². The third-order valence-electron chi connectivity index (χ3n) is 5.36. The van der Waals surface area contributed by atoms with Gasteiger partial charge in [-0.3, -0.25) is 4.79 Å². The van der Waals surface area contributed by atoms with Crippen molar-refractivity contribution in [2.45, 2.75) is 77.6 Å². The molecule has 2 aromatic rings. The van der Waals surface area contributed by atoms with Crippen LogP contribution in [0.15, 0.2) is 54.6 Å². The van der Waals surface area contributed by atoms with Gasteiger partial charge in [0.2, 0.25) is 5.91 Å². The minimum absolute atomic E-state index is 0.162. The van der Waals surface area contributed by atoms with E-state index in [9.17, 15) is 9.90 Å². The van der Waals surface area contributed by atoms with Crippen LogP contribution >= 0.6 is 0 Å². The number of benzene rings is 2. The summed E-state index contributed by atoms with van der Waals surface area (Å²) in [6, 6.07) is 14.9. The van der Waals surface area contributed by atoms with Crippen LogP contribution < -0.4 is 5.32 Å². The molecule has 0 bridgehead atoms. The van der Waals surface area contributed by atoms with Gasteiger partial charge in [-0.25, -0.2) is 0 Å². The molecule has 2 N–H and O–H groups in total. The molecule has 1 amide bonds. The molecule has 0 aliphatic rings. The second-order valence-corrected chi connectivity index (χ2v) is 8.04. The number of amides is 1. The lowest BCUT2D eigenvalue weighted by molar-refractivity contribution is -0.111. The number of nitrogens with one attached hydrogen (secondary N) is 1. The molecule has 0 spiro atoms.